The van der Waals surface area contributed by atoms with Gasteiger partial charge in [0.15, 0.2) is 18.1 Å². The minimum absolute atomic E-state index is 0.130. The molecule has 0 bridgehead atoms. The molecule has 7 nitrogen and oxygen atoms in total. The standard InChI is InChI=1S/C25H19ClFN3O4/c1-33-23-12-16(11-17(14-28)25(32)30-21-4-2-3-18(26)13-21)5-10-22(23)34-15-24(31)29-20-8-6-19(27)7-9-20/h2-13H,15H2,1H3,(H,29,31)(H,30,32). The first kappa shape index (κ1) is 24.3. The third-order valence-corrected chi connectivity index (χ3v) is 4.67. The molecule has 0 radical (unpaired) electrons. The number of carbonyl (C=O) groups is 2. The van der Waals surface area contributed by atoms with Crippen LogP contribution in [-0.2, 0) is 9.59 Å². The highest BCUT2D eigenvalue weighted by Gasteiger charge is 2.12. The minimum Gasteiger partial charge on any atom is -0.493 e. The maximum atomic E-state index is 13.0. The van der Waals surface area contributed by atoms with E-state index in [0.717, 1.165) is 0 Å². The Hall–Kier alpha value is -4.35. The number of nitrogens with one attached hydrogen (secondary N) is 2. The van der Waals surface area contributed by atoms with Gasteiger partial charge in [0.2, 0.25) is 0 Å². The highest BCUT2D eigenvalue weighted by atomic mass is 35.5. The molecule has 0 aromatic heterocycles. The Bertz CT molecular complexity index is 1270. The summed E-state index contributed by atoms with van der Waals surface area (Å²) in [5, 5.41) is 15.1. The topological polar surface area (TPSA) is 100 Å². The first-order valence-electron chi connectivity index (χ1n) is 9.93. The zero-order chi connectivity index (χ0) is 24.5. The van der Waals surface area contributed by atoms with Gasteiger partial charge in [-0.3, -0.25) is 9.59 Å². The van der Waals surface area contributed by atoms with Crippen LogP contribution >= 0.6 is 11.6 Å². The van der Waals surface area contributed by atoms with Gasteiger partial charge in [0.25, 0.3) is 11.8 Å². The van der Waals surface area contributed by atoms with Crippen molar-refractivity contribution >= 4 is 40.9 Å². The number of halogens is 2. The lowest BCUT2D eigenvalue weighted by molar-refractivity contribution is -0.118. The molecule has 0 saturated carbocycles. The molecular weight excluding hydrogens is 461 g/mol. The lowest BCUT2D eigenvalue weighted by Gasteiger charge is -2.12. The van der Waals surface area contributed by atoms with Crippen molar-refractivity contribution in [2.24, 2.45) is 0 Å². The van der Waals surface area contributed by atoms with Gasteiger partial charge in [0.05, 0.1) is 7.11 Å². The zero-order valence-corrected chi connectivity index (χ0v) is 18.7. The van der Waals surface area contributed by atoms with Crippen LogP contribution < -0.4 is 20.1 Å². The number of methoxy groups -OCH3 is 1. The van der Waals surface area contributed by atoms with Gasteiger partial charge in [-0.05, 0) is 66.2 Å². The van der Waals surface area contributed by atoms with E-state index < -0.39 is 17.6 Å². The van der Waals surface area contributed by atoms with Gasteiger partial charge in [-0.25, -0.2) is 4.39 Å². The molecule has 0 spiro atoms. The number of rotatable bonds is 8. The van der Waals surface area contributed by atoms with Crippen molar-refractivity contribution in [1.29, 1.82) is 5.26 Å². The molecule has 34 heavy (non-hydrogen) atoms. The van der Waals surface area contributed by atoms with Crippen LogP contribution in [0.5, 0.6) is 11.5 Å². The van der Waals surface area contributed by atoms with Gasteiger partial charge in [0.1, 0.15) is 17.5 Å². The highest BCUT2D eigenvalue weighted by Crippen LogP contribution is 2.29. The Morgan fingerprint density at radius 2 is 1.79 bits per heavy atom. The van der Waals surface area contributed by atoms with Crippen molar-refractivity contribution < 1.29 is 23.5 Å². The first-order chi connectivity index (χ1) is 16.4. The van der Waals surface area contributed by atoms with Crippen LogP contribution in [0.2, 0.25) is 5.02 Å². The van der Waals surface area contributed by atoms with Gasteiger partial charge in [0, 0.05) is 16.4 Å². The average Bonchev–Trinajstić information content (AvgIpc) is 2.82. The number of amides is 2. The molecule has 0 aliphatic rings. The summed E-state index contributed by atoms with van der Waals surface area (Å²) in [5.41, 5.74) is 1.27. The van der Waals surface area contributed by atoms with Crippen molar-refractivity contribution in [3.8, 4) is 17.6 Å². The van der Waals surface area contributed by atoms with E-state index in [9.17, 15) is 19.2 Å². The number of benzene rings is 3. The molecule has 0 unspecified atom stereocenters. The van der Waals surface area contributed by atoms with E-state index in [1.54, 1.807) is 42.5 Å². The van der Waals surface area contributed by atoms with Crippen LogP contribution in [0.15, 0.2) is 72.3 Å². The summed E-state index contributed by atoms with van der Waals surface area (Å²) in [7, 11) is 1.42. The van der Waals surface area contributed by atoms with E-state index in [0.29, 0.717) is 27.7 Å². The molecule has 3 aromatic rings. The van der Waals surface area contributed by atoms with Crippen LogP contribution in [0.25, 0.3) is 6.08 Å². The van der Waals surface area contributed by atoms with Crippen LogP contribution in [0.1, 0.15) is 5.56 Å². The predicted molar refractivity (Wildman–Crippen MR) is 127 cm³/mol. The van der Waals surface area contributed by atoms with Crippen LogP contribution in [0.3, 0.4) is 0 Å². The molecule has 0 aliphatic heterocycles. The molecule has 0 atom stereocenters. The molecule has 0 saturated heterocycles. The number of nitriles is 1. The second-order valence-electron chi connectivity index (χ2n) is 6.89. The zero-order valence-electron chi connectivity index (χ0n) is 18.0. The smallest absolute Gasteiger partial charge is 0.266 e. The van der Waals surface area contributed by atoms with E-state index in [2.05, 4.69) is 10.6 Å². The summed E-state index contributed by atoms with van der Waals surface area (Å²) < 4.78 is 23.8. The molecule has 0 aliphatic carbocycles. The molecule has 0 heterocycles. The molecule has 3 aromatic carbocycles. The molecular formula is C25H19ClFN3O4. The molecule has 172 valence electrons. The number of nitrogens with zero attached hydrogens (tertiary/aromatic N) is 1. The second kappa shape index (κ2) is 11.5. The number of ether oxygens (including phenoxy) is 2. The Kier molecular flexibility index (Phi) is 8.21. The summed E-state index contributed by atoms with van der Waals surface area (Å²) in [6.45, 7) is -0.311. The maximum absolute atomic E-state index is 13.0. The lowest BCUT2D eigenvalue weighted by Crippen LogP contribution is -2.20. The third-order valence-electron chi connectivity index (χ3n) is 4.43. The monoisotopic (exact) mass is 479 g/mol. The van der Waals surface area contributed by atoms with Gasteiger partial charge >= 0.3 is 0 Å². The molecule has 9 heteroatoms. The van der Waals surface area contributed by atoms with Gasteiger partial charge in [-0.2, -0.15) is 5.26 Å². The second-order valence-corrected chi connectivity index (χ2v) is 7.32. The summed E-state index contributed by atoms with van der Waals surface area (Å²) in [5.74, 6) is -0.857. The fourth-order valence-electron chi connectivity index (χ4n) is 2.85. The first-order valence-corrected chi connectivity index (χ1v) is 10.3. The van der Waals surface area contributed by atoms with E-state index in [1.807, 2.05) is 6.07 Å². The van der Waals surface area contributed by atoms with Gasteiger partial charge < -0.3 is 20.1 Å². The quantitative estimate of drug-likeness (QED) is 0.348. The molecule has 2 amide bonds. The summed E-state index contributed by atoms with van der Waals surface area (Å²) in [6.07, 6.45) is 1.40. The van der Waals surface area contributed by atoms with Crippen molar-refractivity contribution in [3.63, 3.8) is 0 Å². The minimum atomic E-state index is -0.596. The fraction of sp³-hybridized carbons (Fsp3) is 0.0800. The number of hydrogen-bond acceptors (Lipinski definition) is 5. The third kappa shape index (κ3) is 6.82. The Labute approximate surface area is 200 Å². The molecule has 3 rings (SSSR count). The van der Waals surface area contributed by atoms with Crippen LogP contribution in [0, 0.1) is 17.1 Å². The van der Waals surface area contributed by atoms with E-state index in [1.165, 1.54) is 37.5 Å². The largest absolute Gasteiger partial charge is 0.493 e. The van der Waals surface area contributed by atoms with E-state index in [4.69, 9.17) is 21.1 Å². The van der Waals surface area contributed by atoms with Crippen LogP contribution in [0.4, 0.5) is 15.8 Å². The molecule has 2 N–H and O–H groups in total. The normalized spacial score (nSPS) is 10.7. The fourth-order valence-corrected chi connectivity index (χ4v) is 3.04. The maximum Gasteiger partial charge on any atom is 0.266 e. The van der Waals surface area contributed by atoms with Gasteiger partial charge in [-0.15, -0.1) is 0 Å². The summed E-state index contributed by atoms with van der Waals surface area (Å²) >= 11 is 5.92. The SMILES string of the molecule is COc1cc(C=C(C#N)C(=O)Nc2cccc(Cl)c2)ccc1OCC(=O)Nc1ccc(F)cc1. The van der Waals surface area contributed by atoms with Gasteiger partial charge in [-0.1, -0.05) is 23.7 Å². The van der Waals surface area contributed by atoms with Crippen molar-refractivity contribution in [1.82, 2.24) is 0 Å². The number of hydrogen-bond donors (Lipinski definition) is 2. The average molecular weight is 480 g/mol. The van der Waals surface area contributed by atoms with Crippen molar-refractivity contribution in [2.75, 3.05) is 24.4 Å². The number of anilines is 2. The Morgan fingerprint density at radius 3 is 2.47 bits per heavy atom. The van der Waals surface area contributed by atoms with Crippen LogP contribution in [-0.4, -0.2) is 25.5 Å². The predicted octanol–water partition coefficient (Wildman–Crippen LogP) is 5.05. The van der Waals surface area contributed by atoms with Crippen molar-refractivity contribution in [2.45, 2.75) is 0 Å². The lowest BCUT2D eigenvalue weighted by atomic mass is 10.1. The number of carbonyl (C=O) groups excluding carboxylic acids is 2. The highest BCUT2D eigenvalue weighted by molar-refractivity contribution is 6.31. The Morgan fingerprint density at radius 1 is 1.03 bits per heavy atom. The van der Waals surface area contributed by atoms with E-state index in [-0.39, 0.29) is 17.9 Å². The summed E-state index contributed by atoms with van der Waals surface area (Å²) in [4.78, 5) is 24.6. The summed E-state index contributed by atoms with van der Waals surface area (Å²) in [6, 6.07) is 18.5. The Balaban J connectivity index is 1.67. The molecule has 0 fully saturated rings. The van der Waals surface area contributed by atoms with E-state index >= 15 is 0 Å². The van der Waals surface area contributed by atoms with Crippen molar-refractivity contribution in [3.05, 3.63) is 88.7 Å².